The van der Waals surface area contributed by atoms with Crippen molar-refractivity contribution in [1.82, 2.24) is 10.3 Å². The summed E-state index contributed by atoms with van der Waals surface area (Å²) in [4.78, 5) is 16.2. The quantitative estimate of drug-likeness (QED) is 0.573. The van der Waals surface area contributed by atoms with Gasteiger partial charge in [0.25, 0.3) is 5.91 Å². The van der Waals surface area contributed by atoms with Gasteiger partial charge < -0.3 is 9.73 Å². The van der Waals surface area contributed by atoms with Crippen LogP contribution in [-0.4, -0.2) is 10.9 Å². The Morgan fingerprint density at radius 2 is 2.00 bits per heavy atom. The highest BCUT2D eigenvalue weighted by molar-refractivity contribution is 6.01. The van der Waals surface area contributed by atoms with E-state index in [0.29, 0.717) is 5.76 Å². The van der Waals surface area contributed by atoms with Gasteiger partial charge >= 0.3 is 0 Å². The molecule has 0 atom stereocenters. The maximum atomic E-state index is 12.2. The molecule has 1 N–H and O–H groups in total. The van der Waals surface area contributed by atoms with Crippen molar-refractivity contribution < 1.29 is 9.21 Å². The average Bonchev–Trinajstić information content (AvgIpc) is 3.19. The first-order valence-electron chi connectivity index (χ1n) is 7.69. The average molecular weight is 329 g/mol. The van der Waals surface area contributed by atoms with Crippen molar-refractivity contribution in [2.45, 2.75) is 6.54 Å². The number of furan rings is 1. The van der Waals surface area contributed by atoms with Gasteiger partial charge in [-0.25, -0.2) is 0 Å². The lowest BCUT2D eigenvalue weighted by atomic mass is 10.0. The first-order valence-corrected chi connectivity index (χ1v) is 7.69. The first-order chi connectivity index (χ1) is 12.3. The van der Waals surface area contributed by atoms with Gasteiger partial charge in [-0.3, -0.25) is 9.78 Å². The number of rotatable bonds is 5. The molecule has 0 fully saturated rings. The second kappa shape index (κ2) is 7.75. The molecule has 3 rings (SSSR count). The monoisotopic (exact) mass is 329 g/mol. The van der Waals surface area contributed by atoms with Gasteiger partial charge in [-0.15, -0.1) is 0 Å². The van der Waals surface area contributed by atoms with Crippen molar-refractivity contribution in [1.29, 1.82) is 5.26 Å². The SMILES string of the molecule is N#CC(=Cc1cccc(-c2ccncc2)c1)C(=O)NCc1ccco1. The molecule has 0 bridgehead atoms. The maximum Gasteiger partial charge on any atom is 0.262 e. The molecule has 0 aliphatic heterocycles. The second-order valence-corrected chi connectivity index (χ2v) is 5.29. The topological polar surface area (TPSA) is 78.9 Å². The molecule has 0 unspecified atom stereocenters. The Morgan fingerprint density at radius 1 is 1.16 bits per heavy atom. The van der Waals surface area contributed by atoms with Crippen LogP contribution in [0.3, 0.4) is 0 Å². The molecule has 25 heavy (non-hydrogen) atoms. The zero-order valence-corrected chi connectivity index (χ0v) is 13.3. The van der Waals surface area contributed by atoms with E-state index >= 15 is 0 Å². The zero-order chi connectivity index (χ0) is 17.5. The van der Waals surface area contributed by atoms with E-state index < -0.39 is 5.91 Å². The minimum atomic E-state index is -0.437. The molecule has 0 spiro atoms. The van der Waals surface area contributed by atoms with Crippen LogP contribution in [0, 0.1) is 11.3 Å². The van der Waals surface area contributed by atoms with Crippen molar-refractivity contribution in [3.8, 4) is 17.2 Å². The molecule has 1 aromatic carbocycles. The van der Waals surface area contributed by atoms with Gasteiger partial charge in [-0.1, -0.05) is 18.2 Å². The summed E-state index contributed by atoms with van der Waals surface area (Å²) in [5.41, 5.74) is 2.83. The van der Waals surface area contributed by atoms with Crippen LogP contribution in [0.2, 0.25) is 0 Å². The molecule has 5 heteroatoms. The Bertz CT molecular complexity index is 923. The van der Waals surface area contributed by atoms with Crippen LogP contribution in [0.5, 0.6) is 0 Å². The van der Waals surface area contributed by atoms with Crippen LogP contribution >= 0.6 is 0 Å². The third-order valence-corrected chi connectivity index (χ3v) is 3.58. The van der Waals surface area contributed by atoms with E-state index in [1.54, 1.807) is 30.6 Å². The number of hydrogen-bond acceptors (Lipinski definition) is 4. The summed E-state index contributed by atoms with van der Waals surface area (Å²) in [6.07, 6.45) is 6.55. The largest absolute Gasteiger partial charge is 0.467 e. The molecular formula is C20H15N3O2. The Hall–Kier alpha value is -3.65. The minimum Gasteiger partial charge on any atom is -0.467 e. The van der Waals surface area contributed by atoms with Gasteiger partial charge in [-0.05, 0) is 53.1 Å². The highest BCUT2D eigenvalue weighted by atomic mass is 16.3. The molecule has 0 aliphatic carbocycles. The third-order valence-electron chi connectivity index (χ3n) is 3.58. The lowest BCUT2D eigenvalue weighted by Gasteiger charge is -2.04. The van der Waals surface area contributed by atoms with E-state index in [1.807, 2.05) is 42.5 Å². The van der Waals surface area contributed by atoms with Gasteiger partial charge in [-0.2, -0.15) is 5.26 Å². The summed E-state index contributed by atoms with van der Waals surface area (Å²) in [5, 5.41) is 12.0. The summed E-state index contributed by atoms with van der Waals surface area (Å²) >= 11 is 0. The van der Waals surface area contributed by atoms with Crippen LogP contribution in [0.1, 0.15) is 11.3 Å². The zero-order valence-electron chi connectivity index (χ0n) is 13.3. The van der Waals surface area contributed by atoms with Crippen LogP contribution in [0.25, 0.3) is 17.2 Å². The molecule has 1 amide bonds. The summed E-state index contributed by atoms with van der Waals surface area (Å²) in [6, 6.07) is 16.9. The van der Waals surface area contributed by atoms with Crippen LogP contribution < -0.4 is 5.32 Å². The molecule has 122 valence electrons. The van der Waals surface area contributed by atoms with E-state index in [0.717, 1.165) is 16.7 Å². The number of carbonyl (C=O) groups is 1. The van der Waals surface area contributed by atoms with E-state index in [2.05, 4.69) is 10.3 Å². The Balaban J connectivity index is 1.78. The van der Waals surface area contributed by atoms with Crippen molar-refractivity contribution in [2.24, 2.45) is 0 Å². The predicted octanol–water partition coefficient (Wildman–Crippen LogP) is 3.56. The number of carbonyl (C=O) groups excluding carboxylic acids is 1. The van der Waals surface area contributed by atoms with Gasteiger partial charge in [0.05, 0.1) is 12.8 Å². The fraction of sp³-hybridized carbons (Fsp3) is 0.0500. The number of nitriles is 1. The number of nitrogens with one attached hydrogen (secondary N) is 1. The molecule has 0 radical (unpaired) electrons. The molecule has 2 heterocycles. The van der Waals surface area contributed by atoms with Crippen molar-refractivity contribution in [2.75, 3.05) is 0 Å². The van der Waals surface area contributed by atoms with Gasteiger partial charge in [0.2, 0.25) is 0 Å². The summed E-state index contributed by atoms with van der Waals surface area (Å²) in [6.45, 7) is 0.238. The molecule has 3 aromatic rings. The van der Waals surface area contributed by atoms with Crippen LogP contribution in [0.15, 0.2) is 77.2 Å². The Labute approximate surface area is 145 Å². The normalized spacial score (nSPS) is 10.9. The summed E-state index contributed by atoms with van der Waals surface area (Å²) in [7, 11) is 0. The van der Waals surface area contributed by atoms with Gasteiger partial charge in [0.1, 0.15) is 17.4 Å². The number of pyridine rings is 1. The maximum absolute atomic E-state index is 12.2. The predicted molar refractivity (Wildman–Crippen MR) is 93.8 cm³/mol. The number of benzene rings is 1. The highest BCUT2D eigenvalue weighted by Crippen LogP contribution is 2.20. The fourth-order valence-corrected chi connectivity index (χ4v) is 2.34. The highest BCUT2D eigenvalue weighted by Gasteiger charge is 2.09. The molecule has 2 aromatic heterocycles. The van der Waals surface area contributed by atoms with Crippen molar-refractivity contribution in [3.05, 3.63) is 84.1 Å². The summed E-state index contributed by atoms with van der Waals surface area (Å²) in [5.74, 6) is 0.193. The van der Waals surface area contributed by atoms with Crippen LogP contribution in [-0.2, 0) is 11.3 Å². The number of nitrogens with zero attached hydrogens (tertiary/aromatic N) is 2. The smallest absolute Gasteiger partial charge is 0.262 e. The Kier molecular flexibility index (Phi) is 5.03. The molecule has 0 aliphatic rings. The summed E-state index contributed by atoms with van der Waals surface area (Å²) < 4.78 is 5.16. The number of amides is 1. The Morgan fingerprint density at radius 3 is 2.72 bits per heavy atom. The van der Waals surface area contributed by atoms with Gasteiger partial charge in [0, 0.05) is 12.4 Å². The number of hydrogen-bond donors (Lipinski definition) is 1. The fourth-order valence-electron chi connectivity index (χ4n) is 2.34. The van der Waals surface area contributed by atoms with E-state index in [9.17, 15) is 10.1 Å². The third kappa shape index (κ3) is 4.21. The molecule has 5 nitrogen and oxygen atoms in total. The van der Waals surface area contributed by atoms with E-state index in [1.165, 1.54) is 6.26 Å². The molecule has 0 saturated heterocycles. The first kappa shape index (κ1) is 16.2. The minimum absolute atomic E-state index is 0.0402. The van der Waals surface area contributed by atoms with E-state index in [-0.39, 0.29) is 12.1 Å². The van der Waals surface area contributed by atoms with Crippen LogP contribution in [0.4, 0.5) is 0 Å². The van der Waals surface area contributed by atoms with Crippen molar-refractivity contribution >= 4 is 12.0 Å². The lowest BCUT2D eigenvalue weighted by molar-refractivity contribution is -0.117. The lowest BCUT2D eigenvalue weighted by Crippen LogP contribution is -2.23. The molecule has 0 saturated carbocycles. The number of aromatic nitrogens is 1. The van der Waals surface area contributed by atoms with E-state index in [4.69, 9.17) is 4.42 Å². The van der Waals surface area contributed by atoms with Gasteiger partial charge in [0.15, 0.2) is 0 Å². The van der Waals surface area contributed by atoms with Crippen molar-refractivity contribution in [3.63, 3.8) is 0 Å². The molecular weight excluding hydrogens is 314 g/mol. The second-order valence-electron chi connectivity index (χ2n) is 5.29. The standard InChI is InChI=1S/C20H15N3O2/c21-13-18(20(24)23-14-19-5-2-10-25-19)12-15-3-1-4-17(11-15)16-6-8-22-9-7-16/h1-12H,14H2,(H,23,24).